The molecular weight excluding hydrogens is 403 g/mol. The fourth-order valence-corrected chi connectivity index (χ4v) is 4.86. The average molecular weight is 425 g/mol. The van der Waals surface area contributed by atoms with E-state index in [1.165, 1.54) is 12.1 Å². The predicted octanol–water partition coefficient (Wildman–Crippen LogP) is 3.88. The monoisotopic (exact) mass is 425 g/mol. The minimum Gasteiger partial charge on any atom is -0.381 e. The normalized spacial score (nSPS) is 21.7. The van der Waals surface area contributed by atoms with Gasteiger partial charge in [0.25, 0.3) is 0 Å². The van der Waals surface area contributed by atoms with Gasteiger partial charge in [-0.1, -0.05) is 18.7 Å². The number of pyridine rings is 1. The Kier molecular flexibility index (Phi) is 5.32. The van der Waals surface area contributed by atoms with Gasteiger partial charge in [-0.2, -0.15) is 13.2 Å². The molecular formula is C19H22F3N5OS. The standard InChI is InChI=1S/C19H22F3N5OS/c1-12-10-28-11-18(12)4-7-27(8-5-18)14-9-25-17(16(23)26-14)29-13-3-2-6-24-15(13)19(20,21)22/h2-3,6,9,12H,4-5,7-8,10-11H2,1H3,(H2,23,26)/t12-/m1/s1. The van der Waals surface area contributed by atoms with Crippen molar-refractivity contribution in [2.24, 2.45) is 11.3 Å². The van der Waals surface area contributed by atoms with E-state index in [-0.39, 0.29) is 21.2 Å². The molecule has 2 aromatic heterocycles. The first-order chi connectivity index (χ1) is 13.8. The zero-order chi connectivity index (χ0) is 20.6. The van der Waals surface area contributed by atoms with Crippen molar-refractivity contribution in [1.82, 2.24) is 15.0 Å². The second-order valence-electron chi connectivity index (χ2n) is 7.63. The minimum atomic E-state index is -4.55. The van der Waals surface area contributed by atoms with Gasteiger partial charge in [0, 0.05) is 36.2 Å². The molecule has 4 heterocycles. The quantitative estimate of drug-likeness (QED) is 0.800. The van der Waals surface area contributed by atoms with Crippen molar-refractivity contribution in [3.05, 3.63) is 30.2 Å². The maximum Gasteiger partial charge on any atom is 0.434 e. The number of rotatable bonds is 3. The first-order valence-corrected chi connectivity index (χ1v) is 10.3. The molecule has 2 N–H and O–H groups in total. The van der Waals surface area contributed by atoms with Gasteiger partial charge in [-0.15, -0.1) is 0 Å². The summed E-state index contributed by atoms with van der Waals surface area (Å²) in [5, 5.41) is 0.235. The van der Waals surface area contributed by atoms with E-state index in [0.29, 0.717) is 11.7 Å². The molecule has 0 unspecified atom stereocenters. The van der Waals surface area contributed by atoms with Gasteiger partial charge < -0.3 is 15.4 Å². The van der Waals surface area contributed by atoms with Crippen LogP contribution in [0.25, 0.3) is 0 Å². The van der Waals surface area contributed by atoms with Crippen molar-refractivity contribution in [1.29, 1.82) is 0 Å². The lowest BCUT2D eigenvalue weighted by atomic mass is 9.72. The summed E-state index contributed by atoms with van der Waals surface area (Å²) in [5.74, 6) is 1.31. The first-order valence-electron chi connectivity index (χ1n) is 9.44. The first kappa shape index (κ1) is 20.2. The van der Waals surface area contributed by atoms with Crippen molar-refractivity contribution >= 4 is 23.4 Å². The number of nitrogen functional groups attached to an aromatic ring is 1. The van der Waals surface area contributed by atoms with E-state index in [1.807, 2.05) is 0 Å². The Morgan fingerprint density at radius 1 is 1.28 bits per heavy atom. The molecule has 10 heteroatoms. The van der Waals surface area contributed by atoms with Crippen LogP contribution in [0.4, 0.5) is 24.8 Å². The highest BCUT2D eigenvalue weighted by atomic mass is 32.2. The lowest BCUT2D eigenvalue weighted by Crippen LogP contribution is -2.43. The van der Waals surface area contributed by atoms with E-state index in [9.17, 15) is 13.2 Å². The third kappa shape index (κ3) is 4.00. The third-order valence-electron chi connectivity index (χ3n) is 5.88. The van der Waals surface area contributed by atoms with Crippen LogP contribution in [0, 0.1) is 11.3 Å². The van der Waals surface area contributed by atoms with Crippen LogP contribution in [0.2, 0.25) is 0 Å². The number of hydrogen-bond acceptors (Lipinski definition) is 7. The van der Waals surface area contributed by atoms with Crippen LogP contribution in [0.5, 0.6) is 0 Å². The van der Waals surface area contributed by atoms with Crippen LogP contribution in [0.1, 0.15) is 25.5 Å². The van der Waals surface area contributed by atoms with Gasteiger partial charge in [-0.25, -0.2) is 9.97 Å². The Morgan fingerprint density at radius 2 is 2.03 bits per heavy atom. The Bertz CT molecular complexity index is 886. The Balaban J connectivity index is 1.48. The molecule has 2 saturated heterocycles. The molecule has 0 aliphatic carbocycles. The molecule has 0 amide bonds. The second kappa shape index (κ2) is 7.64. The zero-order valence-corrected chi connectivity index (χ0v) is 16.8. The molecule has 1 atom stereocenters. The molecule has 4 rings (SSSR count). The highest BCUT2D eigenvalue weighted by Gasteiger charge is 2.43. The summed E-state index contributed by atoms with van der Waals surface area (Å²) in [7, 11) is 0. The number of piperidine rings is 1. The third-order valence-corrected chi connectivity index (χ3v) is 6.94. The molecule has 1 spiro atoms. The van der Waals surface area contributed by atoms with Crippen molar-refractivity contribution in [3.8, 4) is 0 Å². The van der Waals surface area contributed by atoms with Gasteiger partial charge in [0.2, 0.25) is 0 Å². The maximum atomic E-state index is 13.2. The number of ether oxygens (including phenoxy) is 1. The summed E-state index contributed by atoms with van der Waals surface area (Å²) in [6.45, 7) is 5.51. The van der Waals surface area contributed by atoms with Gasteiger partial charge in [-0.05, 0) is 30.9 Å². The molecule has 0 aromatic carbocycles. The van der Waals surface area contributed by atoms with E-state index in [1.54, 1.807) is 6.20 Å². The molecule has 156 valence electrons. The molecule has 2 aliphatic rings. The lowest BCUT2D eigenvalue weighted by Gasteiger charge is -2.41. The van der Waals surface area contributed by atoms with Gasteiger partial charge in [0.05, 0.1) is 12.8 Å². The highest BCUT2D eigenvalue weighted by Crippen LogP contribution is 2.44. The highest BCUT2D eigenvalue weighted by molar-refractivity contribution is 7.99. The van der Waals surface area contributed by atoms with Crippen LogP contribution < -0.4 is 10.6 Å². The molecule has 0 radical (unpaired) electrons. The summed E-state index contributed by atoms with van der Waals surface area (Å²) in [6.07, 6.45) is 0.170. The van der Waals surface area contributed by atoms with Crippen LogP contribution in [-0.2, 0) is 10.9 Å². The van der Waals surface area contributed by atoms with E-state index < -0.39 is 11.9 Å². The lowest BCUT2D eigenvalue weighted by molar-refractivity contribution is -0.143. The fraction of sp³-hybridized carbons (Fsp3) is 0.526. The van der Waals surface area contributed by atoms with E-state index in [0.717, 1.165) is 57.1 Å². The molecule has 29 heavy (non-hydrogen) atoms. The Hall–Kier alpha value is -2.07. The summed E-state index contributed by atoms with van der Waals surface area (Å²) in [6, 6.07) is 2.80. The Morgan fingerprint density at radius 3 is 2.66 bits per heavy atom. The zero-order valence-electron chi connectivity index (χ0n) is 15.9. The minimum absolute atomic E-state index is 0.0520. The van der Waals surface area contributed by atoms with Gasteiger partial charge in [0.1, 0.15) is 10.8 Å². The van der Waals surface area contributed by atoms with Crippen molar-refractivity contribution in [3.63, 3.8) is 0 Å². The number of halogens is 3. The van der Waals surface area contributed by atoms with Gasteiger partial charge >= 0.3 is 6.18 Å². The molecule has 6 nitrogen and oxygen atoms in total. The number of nitrogens with zero attached hydrogens (tertiary/aromatic N) is 4. The maximum absolute atomic E-state index is 13.2. The summed E-state index contributed by atoms with van der Waals surface area (Å²) >= 11 is 0.822. The number of hydrogen-bond donors (Lipinski definition) is 1. The number of nitrogens with two attached hydrogens (primary N) is 1. The Labute approximate surface area is 171 Å². The SMILES string of the molecule is C[C@@H]1COCC12CCN(c1cnc(Sc3cccnc3C(F)(F)F)c(N)n1)CC2. The van der Waals surface area contributed by atoms with Crippen LogP contribution >= 0.6 is 11.8 Å². The smallest absolute Gasteiger partial charge is 0.381 e. The van der Waals surface area contributed by atoms with E-state index >= 15 is 0 Å². The molecule has 2 aliphatic heterocycles. The molecule has 0 bridgehead atoms. The largest absolute Gasteiger partial charge is 0.434 e. The number of alkyl halides is 3. The van der Waals surface area contributed by atoms with Crippen LogP contribution in [0.3, 0.4) is 0 Å². The molecule has 0 saturated carbocycles. The second-order valence-corrected chi connectivity index (χ2v) is 8.66. The fourth-order valence-electron chi connectivity index (χ4n) is 3.98. The van der Waals surface area contributed by atoms with Crippen molar-refractivity contribution in [2.75, 3.05) is 36.9 Å². The summed E-state index contributed by atoms with van der Waals surface area (Å²) in [4.78, 5) is 14.2. The van der Waals surface area contributed by atoms with E-state index in [4.69, 9.17) is 10.5 Å². The molecule has 2 aromatic rings. The van der Waals surface area contributed by atoms with Crippen LogP contribution in [0.15, 0.2) is 34.4 Å². The predicted molar refractivity (Wildman–Crippen MR) is 104 cm³/mol. The van der Waals surface area contributed by atoms with Crippen LogP contribution in [-0.4, -0.2) is 41.3 Å². The molecule has 2 fully saturated rings. The summed E-state index contributed by atoms with van der Waals surface area (Å²) in [5.41, 5.74) is 5.31. The van der Waals surface area contributed by atoms with Crippen molar-refractivity contribution < 1.29 is 17.9 Å². The topological polar surface area (TPSA) is 77.2 Å². The number of aromatic nitrogens is 3. The number of anilines is 2. The van der Waals surface area contributed by atoms with Gasteiger partial charge in [0.15, 0.2) is 11.5 Å². The van der Waals surface area contributed by atoms with Gasteiger partial charge in [-0.3, -0.25) is 4.98 Å². The van der Waals surface area contributed by atoms with Crippen molar-refractivity contribution in [2.45, 2.75) is 35.9 Å². The summed E-state index contributed by atoms with van der Waals surface area (Å²) < 4.78 is 45.1. The average Bonchev–Trinajstić information content (AvgIpc) is 3.03. The van der Waals surface area contributed by atoms with E-state index in [2.05, 4.69) is 26.8 Å².